The van der Waals surface area contributed by atoms with Crippen LogP contribution in [0.2, 0.25) is 0 Å². The molecule has 7 nitrogen and oxygen atoms in total. The van der Waals surface area contributed by atoms with Gasteiger partial charge in [-0.3, -0.25) is 14.2 Å². The summed E-state index contributed by atoms with van der Waals surface area (Å²) in [5, 5.41) is 0. The number of thiazole rings is 1. The van der Waals surface area contributed by atoms with E-state index in [1.54, 1.807) is 36.2 Å². The number of hydrogen-bond acceptors (Lipinski definition) is 7. The van der Waals surface area contributed by atoms with Crippen molar-refractivity contribution >= 4 is 23.4 Å². The third-order valence-corrected chi connectivity index (χ3v) is 6.16. The van der Waals surface area contributed by atoms with Gasteiger partial charge in [-0.1, -0.05) is 29.5 Å². The van der Waals surface area contributed by atoms with Crippen LogP contribution in [-0.4, -0.2) is 23.4 Å². The van der Waals surface area contributed by atoms with Crippen LogP contribution in [0.5, 0.6) is 5.75 Å². The van der Waals surface area contributed by atoms with E-state index in [0.29, 0.717) is 15.1 Å². The monoisotopic (exact) mass is 396 g/mol. The summed E-state index contributed by atoms with van der Waals surface area (Å²) < 4.78 is 18.4. The number of ether oxygens (including phenoxy) is 2. The Kier molecular flexibility index (Phi) is 3.60. The van der Waals surface area contributed by atoms with Gasteiger partial charge in [-0.25, -0.2) is 4.99 Å². The molecule has 3 atom stereocenters. The van der Waals surface area contributed by atoms with Crippen molar-refractivity contribution < 1.29 is 18.7 Å². The standard InChI is InChI=1S/C20H16N2O5S/c1-20-15(18(24)25-2)16(12-5-3-4-6-13(12)27-20)22-17(23)14(28-19(22)21-20)9-11-7-8-26-10-11/h3-10,15-16H,1-2H3. The topological polar surface area (TPSA) is 83.0 Å². The molecule has 0 saturated heterocycles. The highest BCUT2D eigenvalue weighted by atomic mass is 32.1. The number of esters is 1. The van der Waals surface area contributed by atoms with Crippen LogP contribution in [0.15, 0.2) is 57.1 Å². The fraction of sp³-hybridized carbons (Fsp3) is 0.250. The average molecular weight is 396 g/mol. The van der Waals surface area contributed by atoms with Crippen LogP contribution < -0.4 is 19.6 Å². The number of nitrogens with zero attached hydrogens (tertiary/aromatic N) is 2. The van der Waals surface area contributed by atoms with E-state index < -0.39 is 23.7 Å². The molecule has 2 bridgehead atoms. The van der Waals surface area contributed by atoms with Gasteiger partial charge in [0.15, 0.2) is 4.80 Å². The van der Waals surface area contributed by atoms with Crippen LogP contribution in [0.25, 0.3) is 6.08 Å². The van der Waals surface area contributed by atoms with Crippen LogP contribution in [-0.2, 0) is 9.53 Å². The third-order valence-electron chi connectivity index (χ3n) is 5.18. The number of para-hydroxylation sites is 1. The lowest BCUT2D eigenvalue weighted by molar-refractivity contribution is -0.158. The predicted molar refractivity (Wildman–Crippen MR) is 101 cm³/mol. The minimum absolute atomic E-state index is 0.206. The van der Waals surface area contributed by atoms with E-state index in [9.17, 15) is 9.59 Å². The van der Waals surface area contributed by atoms with Gasteiger partial charge in [-0.15, -0.1) is 0 Å². The minimum atomic E-state index is -1.16. The van der Waals surface area contributed by atoms with E-state index in [-0.39, 0.29) is 5.56 Å². The van der Waals surface area contributed by atoms with Gasteiger partial charge in [0, 0.05) is 11.1 Å². The smallest absolute Gasteiger partial charge is 0.317 e. The first-order valence-electron chi connectivity index (χ1n) is 8.73. The first-order valence-corrected chi connectivity index (χ1v) is 9.54. The van der Waals surface area contributed by atoms with E-state index in [2.05, 4.69) is 4.99 Å². The highest BCUT2D eigenvalue weighted by molar-refractivity contribution is 7.07. The minimum Gasteiger partial charge on any atom is -0.472 e. The Labute approximate surface area is 163 Å². The van der Waals surface area contributed by atoms with Crippen LogP contribution in [0.4, 0.5) is 0 Å². The van der Waals surface area contributed by atoms with Gasteiger partial charge in [0.25, 0.3) is 5.56 Å². The van der Waals surface area contributed by atoms with E-state index in [0.717, 1.165) is 11.1 Å². The van der Waals surface area contributed by atoms with Gasteiger partial charge in [0.2, 0.25) is 5.72 Å². The number of furan rings is 1. The maximum atomic E-state index is 13.3. The summed E-state index contributed by atoms with van der Waals surface area (Å²) >= 11 is 1.27. The fourth-order valence-electron chi connectivity index (χ4n) is 3.94. The molecule has 0 amide bonds. The van der Waals surface area contributed by atoms with Crippen molar-refractivity contribution in [3.63, 3.8) is 0 Å². The zero-order valence-corrected chi connectivity index (χ0v) is 15.9. The summed E-state index contributed by atoms with van der Waals surface area (Å²) in [6.07, 6.45) is 4.87. The molecule has 3 aromatic rings. The molecule has 28 heavy (non-hydrogen) atoms. The van der Waals surface area contributed by atoms with Crippen LogP contribution in [0, 0.1) is 5.92 Å². The molecule has 142 valence electrons. The lowest BCUT2D eigenvalue weighted by Crippen LogP contribution is -2.58. The number of benzene rings is 1. The number of carbonyl (C=O) groups is 1. The zero-order chi connectivity index (χ0) is 19.5. The normalized spacial score (nSPS) is 25.3. The molecule has 1 aromatic carbocycles. The number of carbonyl (C=O) groups excluding carboxylic acids is 1. The summed E-state index contributed by atoms with van der Waals surface area (Å²) in [5.74, 6) is -0.619. The number of methoxy groups -OCH3 is 1. The molecule has 2 aliphatic heterocycles. The molecule has 2 aromatic heterocycles. The molecule has 0 N–H and O–H groups in total. The van der Waals surface area contributed by atoms with Crippen molar-refractivity contribution in [1.82, 2.24) is 4.57 Å². The molecule has 0 fully saturated rings. The molecule has 0 spiro atoms. The molecular weight excluding hydrogens is 380 g/mol. The molecule has 4 heterocycles. The first-order chi connectivity index (χ1) is 13.5. The maximum absolute atomic E-state index is 13.3. The van der Waals surface area contributed by atoms with Crippen molar-refractivity contribution in [3.8, 4) is 5.75 Å². The molecule has 0 saturated carbocycles. The van der Waals surface area contributed by atoms with Gasteiger partial charge < -0.3 is 13.9 Å². The quantitative estimate of drug-likeness (QED) is 0.613. The summed E-state index contributed by atoms with van der Waals surface area (Å²) in [7, 11) is 1.33. The molecule has 5 rings (SSSR count). The molecule has 2 aliphatic rings. The summed E-state index contributed by atoms with van der Waals surface area (Å²) in [6, 6.07) is 8.63. The number of hydrogen-bond donors (Lipinski definition) is 0. The second-order valence-corrected chi connectivity index (χ2v) is 7.89. The SMILES string of the molecule is COC(=O)C1C2c3ccccc3OC1(C)N=c1sc(=Cc3ccoc3)c(=O)n12. The van der Waals surface area contributed by atoms with Gasteiger partial charge in [-0.2, -0.15) is 0 Å². The Morgan fingerprint density at radius 3 is 2.93 bits per heavy atom. The Morgan fingerprint density at radius 1 is 1.36 bits per heavy atom. The van der Waals surface area contributed by atoms with Gasteiger partial charge in [0.05, 0.1) is 30.2 Å². The van der Waals surface area contributed by atoms with Gasteiger partial charge in [0.1, 0.15) is 11.7 Å². The van der Waals surface area contributed by atoms with E-state index in [1.807, 2.05) is 24.3 Å². The molecule has 8 heteroatoms. The first kappa shape index (κ1) is 17.0. The summed E-state index contributed by atoms with van der Waals surface area (Å²) in [6.45, 7) is 1.75. The largest absolute Gasteiger partial charge is 0.472 e. The van der Waals surface area contributed by atoms with E-state index in [1.165, 1.54) is 18.4 Å². The van der Waals surface area contributed by atoms with Crippen molar-refractivity contribution in [3.05, 3.63) is 73.7 Å². The highest BCUT2D eigenvalue weighted by Gasteiger charge is 2.55. The Hall–Kier alpha value is -3.13. The lowest BCUT2D eigenvalue weighted by atomic mass is 9.81. The summed E-state index contributed by atoms with van der Waals surface area (Å²) in [4.78, 5) is 31.1. The molecule has 0 radical (unpaired) electrons. The van der Waals surface area contributed by atoms with Crippen molar-refractivity contribution in [2.75, 3.05) is 7.11 Å². The zero-order valence-electron chi connectivity index (χ0n) is 15.1. The fourth-order valence-corrected chi connectivity index (χ4v) is 5.04. The van der Waals surface area contributed by atoms with Gasteiger partial charge >= 0.3 is 5.97 Å². The second kappa shape index (κ2) is 5.93. The Bertz CT molecular complexity index is 1260. The van der Waals surface area contributed by atoms with Crippen molar-refractivity contribution in [2.45, 2.75) is 18.7 Å². The van der Waals surface area contributed by atoms with Crippen molar-refractivity contribution in [1.29, 1.82) is 0 Å². The van der Waals surface area contributed by atoms with E-state index in [4.69, 9.17) is 13.9 Å². The average Bonchev–Trinajstić information content (AvgIpc) is 3.28. The molecule has 3 unspecified atom stereocenters. The second-order valence-electron chi connectivity index (χ2n) is 6.88. The molecular formula is C20H16N2O5S. The Balaban J connectivity index is 1.83. The lowest BCUT2D eigenvalue weighted by Gasteiger charge is -2.44. The highest BCUT2D eigenvalue weighted by Crippen LogP contribution is 2.47. The number of aromatic nitrogens is 1. The van der Waals surface area contributed by atoms with Crippen LogP contribution in [0.1, 0.15) is 24.1 Å². The molecule has 0 aliphatic carbocycles. The predicted octanol–water partition coefficient (Wildman–Crippen LogP) is 1.45. The van der Waals surface area contributed by atoms with Crippen LogP contribution in [0.3, 0.4) is 0 Å². The van der Waals surface area contributed by atoms with Gasteiger partial charge in [-0.05, 0) is 25.1 Å². The van der Waals surface area contributed by atoms with Crippen LogP contribution >= 0.6 is 11.3 Å². The summed E-state index contributed by atoms with van der Waals surface area (Å²) in [5.41, 5.74) is 0.187. The Morgan fingerprint density at radius 2 is 2.18 bits per heavy atom. The third kappa shape index (κ3) is 2.31. The number of fused-ring (bicyclic) bond motifs is 6. The van der Waals surface area contributed by atoms with Crippen molar-refractivity contribution in [2.24, 2.45) is 10.9 Å². The maximum Gasteiger partial charge on any atom is 0.317 e. The number of rotatable bonds is 2. The van der Waals surface area contributed by atoms with E-state index >= 15 is 0 Å².